The monoisotopic (exact) mass is 258 g/mol. The molecule has 1 unspecified atom stereocenters. The molecule has 0 fully saturated rings. The molecule has 0 aliphatic heterocycles. The van der Waals surface area contributed by atoms with Crippen LogP contribution in [0.2, 0.25) is 0 Å². The van der Waals surface area contributed by atoms with Gasteiger partial charge in [0.1, 0.15) is 0 Å². The predicted molar refractivity (Wildman–Crippen MR) is 71.2 cm³/mol. The van der Waals surface area contributed by atoms with E-state index in [0.29, 0.717) is 19.3 Å². The van der Waals surface area contributed by atoms with E-state index in [9.17, 15) is 9.59 Å². The standard InChI is InChI=1S/C13H26N2O3/c1-4-7-10(8-11(16)17)15-12(18)13(5-2,6-3)9-14/h10H,4-9,14H2,1-3H3,(H,15,18)(H,16,17). The van der Waals surface area contributed by atoms with Gasteiger partial charge in [-0.3, -0.25) is 9.59 Å². The average Bonchev–Trinajstić information content (AvgIpc) is 2.31. The second kappa shape index (κ2) is 8.08. The number of hydrogen-bond donors (Lipinski definition) is 3. The van der Waals surface area contributed by atoms with E-state index in [1.807, 2.05) is 20.8 Å². The fourth-order valence-electron chi connectivity index (χ4n) is 2.08. The molecule has 0 aliphatic rings. The summed E-state index contributed by atoms with van der Waals surface area (Å²) >= 11 is 0. The third-order valence-electron chi connectivity index (χ3n) is 3.62. The molecule has 5 heteroatoms. The molecular formula is C13H26N2O3. The van der Waals surface area contributed by atoms with Crippen LogP contribution in [0.25, 0.3) is 0 Å². The van der Waals surface area contributed by atoms with Crippen molar-refractivity contribution in [2.45, 2.75) is 58.9 Å². The molecule has 0 rings (SSSR count). The molecular weight excluding hydrogens is 232 g/mol. The number of carboxylic acids is 1. The van der Waals surface area contributed by atoms with Gasteiger partial charge in [-0.2, -0.15) is 0 Å². The van der Waals surface area contributed by atoms with E-state index in [1.165, 1.54) is 0 Å². The molecule has 106 valence electrons. The Kier molecular flexibility index (Phi) is 7.59. The summed E-state index contributed by atoms with van der Waals surface area (Å²) in [6.07, 6.45) is 2.81. The minimum Gasteiger partial charge on any atom is -0.481 e. The second-order valence-electron chi connectivity index (χ2n) is 4.75. The van der Waals surface area contributed by atoms with Crippen LogP contribution in [0.15, 0.2) is 0 Å². The Balaban J connectivity index is 4.70. The Morgan fingerprint density at radius 2 is 1.83 bits per heavy atom. The van der Waals surface area contributed by atoms with Gasteiger partial charge >= 0.3 is 5.97 Å². The van der Waals surface area contributed by atoms with E-state index >= 15 is 0 Å². The highest BCUT2D eigenvalue weighted by molar-refractivity contribution is 5.83. The van der Waals surface area contributed by atoms with E-state index in [0.717, 1.165) is 6.42 Å². The smallest absolute Gasteiger partial charge is 0.305 e. The summed E-state index contributed by atoms with van der Waals surface area (Å²) in [5, 5.41) is 11.7. The van der Waals surface area contributed by atoms with Gasteiger partial charge in [0.05, 0.1) is 11.8 Å². The first-order valence-corrected chi connectivity index (χ1v) is 6.68. The summed E-state index contributed by atoms with van der Waals surface area (Å²) in [5.41, 5.74) is 5.14. The molecule has 0 aromatic heterocycles. The molecule has 0 aromatic rings. The maximum atomic E-state index is 12.2. The van der Waals surface area contributed by atoms with Crippen LogP contribution >= 0.6 is 0 Å². The summed E-state index contributed by atoms with van der Waals surface area (Å²) in [5.74, 6) is -1.00. The summed E-state index contributed by atoms with van der Waals surface area (Å²) in [4.78, 5) is 23.0. The van der Waals surface area contributed by atoms with Crippen LogP contribution in [0.1, 0.15) is 52.9 Å². The van der Waals surface area contributed by atoms with Crippen LogP contribution in [0, 0.1) is 5.41 Å². The van der Waals surface area contributed by atoms with Gasteiger partial charge < -0.3 is 16.2 Å². The van der Waals surface area contributed by atoms with Crippen molar-refractivity contribution in [2.24, 2.45) is 11.1 Å². The summed E-state index contributed by atoms with van der Waals surface area (Å²) in [6.45, 7) is 6.12. The van der Waals surface area contributed by atoms with Gasteiger partial charge in [0.2, 0.25) is 5.91 Å². The lowest BCUT2D eigenvalue weighted by Gasteiger charge is -2.30. The largest absolute Gasteiger partial charge is 0.481 e. The third-order valence-corrected chi connectivity index (χ3v) is 3.62. The van der Waals surface area contributed by atoms with Crippen molar-refractivity contribution in [1.29, 1.82) is 0 Å². The fourth-order valence-corrected chi connectivity index (χ4v) is 2.08. The highest BCUT2D eigenvalue weighted by Gasteiger charge is 2.34. The lowest BCUT2D eigenvalue weighted by atomic mass is 9.81. The van der Waals surface area contributed by atoms with Crippen molar-refractivity contribution in [3.63, 3.8) is 0 Å². The third kappa shape index (κ3) is 4.64. The van der Waals surface area contributed by atoms with Gasteiger partial charge in [-0.1, -0.05) is 27.2 Å². The molecule has 0 saturated heterocycles. The first kappa shape index (κ1) is 16.9. The van der Waals surface area contributed by atoms with Crippen molar-refractivity contribution >= 4 is 11.9 Å². The Morgan fingerprint density at radius 1 is 1.28 bits per heavy atom. The molecule has 1 atom stereocenters. The molecule has 0 aliphatic carbocycles. The number of carboxylic acid groups (broad SMARTS) is 1. The summed E-state index contributed by atoms with van der Waals surface area (Å²) in [7, 11) is 0. The van der Waals surface area contributed by atoms with Gasteiger partial charge in [-0.25, -0.2) is 0 Å². The molecule has 1 amide bonds. The lowest BCUT2D eigenvalue weighted by molar-refractivity contribution is -0.138. The quantitative estimate of drug-likeness (QED) is 0.584. The first-order valence-electron chi connectivity index (χ1n) is 6.68. The number of aliphatic carboxylic acids is 1. The summed E-state index contributed by atoms with van der Waals surface area (Å²) < 4.78 is 0. The number of nitrogens with two attached hydrogens (primary N) is 1. The summed E-state index contributed by atoms with van der Waals surface area (Å²) in [6, 6.07) is -0.302. The van der Waals surface area contributed by atoms with Crippen LogP contribution < -0.4 is 11.1 Å². The molecule has 0 heterocycles. The predicted octanol–water partition coefficient (Wildman–Crippen LogP) is 1.51. The Labute approximate surface area is 109 Å². The highest BCUT2D eigenvalue weighted by Crippen LogP contribution is 2.25. The van der Waals surface area contributed by atoms with Gasteiger partial charge in [0.15, 0.2) is 0 Å². The van der Waals surface area contributed by atoms with Crippen LogP contribution in [0.5, 0.6) is 0 Å². The van der Waals surface area contributed by atoms with Crippen LogP contribution in [-0.4, -0.2) is 29.6 Å². The Morgan fingerprint density at radius 3 is 2.17 bits per heavy atom. The van der Waals surface area contributed by atoms with Crippen LogP contribution in [0.3, 0.4) is 0 Å². The molecule has 4 N–H and O–H groups in total. The zero-order valence-electron chi connectivity index (χ0n) is 11.7. The number of nitrogens with one attached hydrogen (secondary N) is 1. The Bertz CT molecular complexity index is 267. The van der Waals surface area contributed by atoms with Gasteiger partial charge in [0.25, 0.3) is 0 Å². The van der Waals surface area contributed by atoms with Crippen molar-refractivity contribution in [3.05, 3.63) is 0 Å². The first-order chi connectivity index (χ1) is 8.45. The minimum atomic E-state index is -0.889. The van der Waals surface area contributed by atoms with Crippen molar-refractivity contribution in [2.75, 3.05) is 6.54 Å². The topological polar surface area (TPSA) is 92.4 Å². The van der Waals surface area contributed by atoms with E-state index in [-0.39, 0.29) is 24.9 Å². The van der Waals surface area contributed by atoms with E-state index in [4.69, 9.17) is 10.8 Å². The molecule has 5 nitrogen and oxygen atoms in total. The van der Waals surface area contributed by atoms with E-state index in [2.05, 4.69) is 5.32 Å². The van der Waals surface area contributed by atoms with Gasteiger partial charge in [0, 0.05) is 12.6 Å². The number of hydrogen-bond acceptors (Lipinski definition) is 3. The highest BCUT2D eigenvalue weighted by atomic mass is 16.4. The fraction of sp³-hybridized carbons (Fsp3) is 0.846. The second-order valence-corrected chi connectivity index (χ2v) is 4.75. The van der Waals surface area contributed by atoms with Crippen LogP contribution in [0.4, 0.5) is 0 Å². The normalized spacial score (nSPS) is 13.1. The Hall–Kier alpha value is -1.10. The van der Waals surface area contributed by atoms with E-state index in [1.54, 1.807) is 0 Å². The molecule has 0 radical (unpaired) electrons. The van der Waals surface area contributed by atoms with Gasteiger partial charge in [-0.15, -0.1) is 0 Å². The number of rotatable bonds is 9. The number of carbonyl (C=O) groups is 2. The van der Waals surface area contributed by atoms with Gasteiger partial charge in [-0.05, 0) is 19.3 Å². The van der Waals surface area contributed by atoms with E-state index < -0.39 is 11.4 Å². The molecule has 0 saturated carbocycles. The molecule has 0 aromatic carbocycles. The average molecular weight is 258 g/mol. The number of amides is 1. The van der Waals surface area contributed by atoms with Crippen molar-refractivity contribution < 1.29 is 14.7 Å². The van der Waals surface area contributed by atoms with Crippen LogP contribution in [-0.2, 0) is 9.59 Å². The maximum Gasteiger partial charge on any atom is 0.305 e. The van der Waals surface area contributed by atoms with Crippen molar-refractivity contribution in [3.8, 4) is 0 Å². The molecule has 0 bridgehead atoms. The zero-order chi connectivity index (χ0) is 14.2. The zero-order valence-corrected chi connectivity index (χ0v) is 11.7. The maximum absolute atomic E-state index is 12.2. The minimum absolute atomic E-state index is 0.0341. The lowest BCUT2D eigenvalue weighted by Crippen LogP contribution is -2.49. The molecule has 18 heavy (non-hydrogen) atoms. The molecule has 0 spiro atoms. The SMILES string of the molecule is CCCC(CC(=O)O)NC(=O)C(CC)(CC)CN. The van der Waals surface area contributed by atoms with Crippen molar-refractivity contribution in [1.82, 2.24) is 5.32 Å². The number of carbonyl (C=O) groups excluding carboxylic acids is 1.